The highest BCUT2D eigenvalue weighted by molar-refractivity contribution is 6.42. The van der Waals surface area contributed by atoms with Gasteiger partial charge < -0.3 is 10.1 Å². The van der Waals surface area contributed by atoms with Crippen LogP contribution in [0.3, 0.4) is 0 Å². The molecular formula is C23H26Cl2N2O. The van der Waals surface area contributed by atoms with Crippen molar-refractivity contribution in [2.24, 2.45) is 0 Å². The molecule has 148 valence electrons. The molecule has 3 nitrogen and oxygen atoms in total. The summed E-state index contributed by atoms with van der Waals surface area (Å²) in [5.74, 6) is 0.867. The third-order valence-electron chi connectivity index (χ3n) is 4.62. The lowest BCUT2D eigenvalue weighted by Gasteiger charge is -2.13. The second kappa shape index (κ2) is 9.99. The highest BCUT2D eigenvalue weighted by Gasteiger charge is 2.08. The Hall–Kier alpha value is -1.97. The molecule has 28 heavy (non-hydrogen) atoms. The van der Waals surface area contributed by atoms with E-state index in [9.17, 15) is 0 Å². The lowest BCUT2D eigenvalue weighted by atomic mass is 10.1. The van der Waals surface area contributed by atoms with Gasteiger partial charge in [-0.2, -0.15) is 0 Å². The van der Waals surface area contributed by atoms with E-state index in [4.69, 9.17) is 27.9 Å². The first kappa shape index (κ1) is 20.8. The van der Waals surface area contributed by atoms with Crippen LogP contribution in [0.5, 0.6) is 5.75 Å². The largest absolute Gasteiger partial charge is 0.494 e. The Labute approximate surface area is 177 Å². The molecule has 0 bridgehead atoms. The zero-order chi connectivity index (χ0) is 19.9. The summed E-state index contributed by atoms with van der Waals surface area (Å²) >= 11 is 12.2. The molecule has 0 saturated heterocycles. The number of ether oxygens (including phenoxy) is 1. The van der Waals surface area contributed by atoms with Crippen molar-refractivity contribution in [2.75, 3.05) is 11.9 Å². The lowest BCUT2D eigenvalue weighted by molar-refractivity contribution is 0.305. The number of nitrogens with zero attached hydrogens (tertiary/aromatic N) is 1. The highest BCUT2D eigenvalue weighted by Crippen LogP contribution is 2.32. The first-order valence-corrected chi connectivity index (χ1v) is 10.6. The average Bonchev–Trinajstić information content (AvgIpc) is 2.67. The normalized spacial score (nSPS) is 11.0. The smallest absolute Gasteiger partial charge is 0.120 e. The van der Waals surface area contributed by atoms with Crippen LogP contribution in [0.25, 0.3) is 10.9 Å². The maximum Gasteiger partial charge on any atom is 0.120 e. The Morgan fingerprint density at radius 1 is 0.929 bits per heavy atom. The van der Waals surface area contributed by atoms with Gasteiger partial charge in [0.25, 0.3) is 0 Å². The molecule has 3 rings (SSSR count). The fourth-order valence-corrected chi connectivity index (χ4v) is 3.45. The maximum absolute atomic E-state index is 6.15. The SMILES string of the molecule is CCCCCCCOc1ccc2nc(C)cc(Nc3ccc(Cl)c(Cl)c3)c2c1. The van der Waals surface area contributed by atoms with Crippen LogP contribution in [0.1, 0.15) is 44.7 Å². The van der Waals surface area contributed by atoms with Gasteiger partial charge in [0.05, 0.1) is 22.2 Å². The van der Waals surface area contributed by atoms with Gasteiger partial charge >= 0.3 is 0 Å². The second-order valence-corrected chi connectivity index (χ2v) is 7.82. The van der Waals surface area contributed by atoms with Crippen LogP contribution in [0.4, 0.5) is 11.4 Å². The van der Waals surface area contributed by atoms with E-state index in [0.717, 1.165) is 46.7 Å². The van der Waals surface area contributed by atoms with Gasteiger partial charge in [0.2, 0.25) is 0 Å². The molecule has 0 aliphatic rings. The first-order chi connectivity index (χ1) is 13.6. The molecule has 0 unspecified atom stereocenters. The Morgan fingerprint density at radius 3 is 2.54 bits per heavy atom. The third kappa shape index (κ3) is 5.52. The van der Waals surface area contributed by atoms with Crippen LogP contribution < -0.4 is 10.1 Å². The summed E-state index contributed by atoms with van der Waals surface area (Å²) in [6, 6.07) is 13.6. The summed E-state index contributed by atoms with van der Waals surface area (Å²) in [5, 5.41) is 5.51. The summed E-state index contributed by atoms with van der Waals surface area (Å²) in [6.45, 7) is 4.95. The summed E-state index contributed by atoms with van der Waals surface area (Å²) < 4.78 is 5.97. The molecule has 1 heterocycles. The van der Waals surface area contributed by atoms with E-state index in [1.807, 2.05) is 43.3 Å². The van der Waals surface area contributed by atoms with Crippen molar-refractivity contribution in [3.05, 3.63) is 58.2 Å². The summed E-state index contributed by atoms with van der Waals surface area (Å²) in [7, 11) is 0. The minimum Gasteiger partial charge on any atom is -0.494 e. The van der Waals surface area contributed by atoms with Crippen LogP contribution in [-0.2, 0) is 0 Å². The number of fused-ring (bicyclic) bond motifs is 1. The van der Waals surface area contributed by atoms with Crippen LogP contribution in [0.2, 0.25) is 10.0 Å². The van der Waals surface area contributed by atoms with Crippen LogP contribution in [-0.4, -0.2) is 11.6 Å². The van der Waals surface area contributed by atoms with Crippen LogP contribution in [0.15, 0.2) is 42.5 Å². The predicted octanol–water partition coefficient (Wildman–Crippen LogP) is 7.94. The van der Waals surface area contributed by atoms with E-state index < -0.39 is 0 Å². The van der Waals surface area contributed by atoms with Gasteiger partial charge in [0.15, 0.2) is 0 Å². The number of aryl methyl sites for hydroxylation is 1. The van der Waals surface area contributed by atoms with Gasteiger partial charge in [-0.3, -0.25) is 4.98 Å². The Kier molecular flexibility index (Phi) is 7.41. The van der Waals surface area contributed by atoms with E-state index >= 15 is 0 Å². The average molecular weight is 417 g/mol. The van der Waals surface area contributed by atoms with Crippen molar-refractivity contribution in [3.8, 4) is 5.75 Å². The Morgan fingerprint density at radius 2 is 1.75 bits per heavy atom. The fraction of sp³-hybridized carbons (Fsp3) is 0.348. The number of aromatic nitrogens is 1. The van der Waals surface area contributed by atoms with E-state index in [1.54, 1.807) is 6.07 Å². The monoisotopic (exact) mass is 416 g/mol. The number of nitrogens with one attached hydrogen (secondary N) is 1. The number of anilines is 2. The summed E-state index contributed by atoms with van der Waals surface area (Å²) in [6.07, 6.45) is 6.13. The van der Waals surface area contributed by atoms with Gasteiger partial charge in [0.1, 0.15) is 5.75 Å². The number of pyridine rings is 1. The molecule has 0 aliphatic heterocycles. The van der Waals surface area contributed by atoms with Gasteiger partial charge in [0, 0.05) is 22.5 Å². The predicted molar refractivity (Wildman–Crippen MR) is 120 cm³/mol. The zero-order valence-electron chi connectivity index (χ0n) is 16.4. The van der Waals surface area contributed by atoms with Crippen LogP contribution in [0, 0.1) is 6.92 Å². The minimum atomic E-state index is 0.522. The van der Waals surface area contributed by atoms with Gasteiger partial charge in [-0.15, -0.1) is 0 Å². The number of unbranched alkanes of at least 4 members (excludes halogenated alkanes) is 4. The number of rotatable bonds is 9. The van der Waals surface area contributed by atoms with Gasteiger partial charge in [-0.25, -0.2) is 0 Å². The van der Waals surface area contributed by atoms with E-state index in [2.05, 4.69) is 17.2 Å². The summed E-state index contributed by atoms with van der Waals surface area (Å²) in [4.78, 5) is 4.64. The van der Waals surface area contributed by atoms with Crippen molar-refractivity contribution in [1.29, 1.82) is 0 Å². The number of benzene rings is 2. The molecule has 1 N–H and O–H groups in total. The maximum atomic E-state index is 6.15. The fourth-order valence-electron chi connectivity index (χ4n) is 3.16. The molecule has 3 aromatic rings. The lowest BCUT2D eigenvalue weighted by Crippen LogP contribution is -1.99. The second-order valence-electron chi connectivity index (χ2n) is 7.01. The first-order valence-electron chi connectivity index (χ1n) is 9.83. The van der Waals surface area contributed by atoms with Gasteiger partial charge in [-0.1, -0.05) is 55.8 Å². The van der Waals surface area contributed by atoms with E-state index in [0.29, 0.717) is 10.0 Å². The van der Waals surface area contributed by atoms with Crippen molar-refractivity contribution in [3.63, 3.8) is 0 Å². The Balaban J connectivity index is 1.78. The van der Waals surface area contributed by atoms with Crippen molar-refractivity contribution < 1.29 is 4.74 Å². The molecule has 0 spiro atoms. The quantitative estimate of drug-likeness (QED) is 0.359. The van der Waals surface area contributed by atoms with E-state index in [1.165, 1.54) is 25.7 Å². The van der Waals surface area contributed by atoms with Crippen molar-refractivity contribution in [2.45, 2.75) is 46.0 Å². The van der Waals surface area contributed by atoms with Crippen molar-refractivity contribution in [1.82, 2.24) is 4.98 Å². The number of hydrogen-bond donors (Lipinski definition) is 1. The molecule has 0 fully saturated rings. The molecule has 1 aromatic heterocycles. The molecule has 0 radical (unpaired) electrons. The van der Waals surface area contributed by atoms with Gasteiger partial charge in [-0.05, 0) is 55.8 Å². The molecular weight excluding hydrogens is 391 g/mol. The van der Waals surface area contributed by atoms with Crippen molar-refractivity contribution >= 4 is 45.5 Å². The standard InChI is InChI=1S/C23H26Cl2N2O/c1-3-4-5-6-7-12-28-18-9-11-22-19(15-18)23(13-16(2)26-22)27-17-8-10-20(24)21(25)14-17/h8-11,13-15H,3-7,12H2,1-2H3,(H,26,27). The number of halogens is 2. The van der Waals surface area contributed by atoms with E-state index in [-0.39, 0.29) is 0 Å². The topological polar surface area (TPSA) is 34.1 Å². The third-order valence-corrected chi connectivity index (χ3v) is 5.36. The Bertz CT molecular complexity index is 943. The molecule has 2 aromatic carbocycles. The molecule has 0 atom stereocenters. The zero-order valence-corrected chi connectivity index (χ0v) is 17.9. The molecule has 0 saturated carbocycles. The number of hydrogen-bond acceptors (Lipinski definition) is 3. The molecule has 0 amide bonds. The minimum absolute atomic E-state index is 0.522. The summed E-state index contributed by atoms with van der Waals surface area (Å²) in [5.41, 5.74) is 3.72. The molecule has 5 heteroatoms. The highest BCUT2D eigenvalue weighted by atomic mass is 35.5. The van der Waals surface area contributed by atoms with Crippen LogP contribution >= 0.6 is 23.2 Å². The molecule has 0 aliphatic carbocycles.